The molecule has 0 aliphatic carbocycles. The second-order valence-corrected chi connectivity index (χ2v) is 4.66. The van der Waals surface area contributed by atoms with Crippen LogP contribution in [0.15, 0.2) is 36.9 Å². The molecule has 0 saturated heterocycles. The molecule has 1 atom stereocenters. The molecule has 0 radical (unpaired) electrons. The van der Waals surface area contributed by atoms with E-state index in [1.54, 1.807) is 7.11 Å². The first-order valence-electron chi connectivity index (χ1n) is 6.10. The molecule has 0 aliphatic heterocycles. The maximum Gasteiger partial charge on any atom is 0.0618 e. The summed E-state index contributed by atoms with van der Waals surface area (Å²) in [7, 11) is 1.74. The van der Waals surface area contributed by atoms with Crippen molar-refractivity contribution in [3.05, 3.63) is 42.5 Å². The number of ether oxygens (including phenoxy) is 1. The van der Waals surface area contributed by atoms with E-state index < -0.39 is 0 Å². The first-order valence-corrected chi connectivity index (χ1v) is 6.10. The van der Waals surface area contributed by atoms with E-state index in [9.17, 15) is 0 Å². The summed E-state index contributed by atoms with van der Waals surface area (Å²) >= 11 is 0. The molecule has 1 unspecified atom stereocenters. The fourth-order valence-corrected chi connectivity index (χ4v) is 1.70. The Morgan fingerprint density at radius 3 is 2.47 bits per heavy atom. The van der Waals surface area contributed by atoms with Gasteiger partial charge in [0.2, 0.25) is 0 Å². The first-order chi connectivity index (χ1) is 8.15. The Morgan fingerprint density at radius 2 is 1.94 bits per heavy atom. The van der Waals surface area contributed by atoms with E-state index in [4.69, 9.17) is 4.74 Å². The largest absolute Gasteiger partial charge is 0.383 e. The Balaban J connectivity index is 2.47. The fourth-order valence-electron chi connectivity index (χ4n) is 1.70. The van der Waals surface area contributed by atoms with Crippen LogP contribution in [0.25, 0.3) is 5.57 Å². The number of benzene rings is 1. The lowest BCUT2D eigenvalue weighted by Crippen LogP contribution is -2.38. The average molecular weight is 233 g/mol. The van der Waals surface area contributed by atoms with Gasteiger partial charge in [-0.3, -0.25) is 0 Å². The molecule has 0 amide bonds. The Morgan fingerprint density at radius 1 is 1.29 bits per heavy atom. The predicted molar refractivity (Wildman–Crippen MR) is 74.0 cm³/mol. The standard InChI is InChI=1S/C15H23NO/c1-12(2)15(11-17-4)16-10-13(3)14-8-6-5-7-9-14/h5-9,12,15-16H,3,10-11H2,1-2,4H3. The van der Waals surface area contributed by atoms with Crippen LogP contribution in [-0.2, 0) is 4.74 Å². The second kappa shape index (κ2) is 7.25. The molecule has 0 aromatic heterocycles. The molecule has 0 heterocycles. The lowest BCUT2D eigenvalue weighted by atomic mass is 10.0. The molecule has 0 fully saturated rings. The first kappa shape index (κ1) is 13.9. The van der Waals surface area contributed by atoms with Gasteiger partial charge in [-0.2, -0.15) is 0 Å². The quantitative estimate of drug-likeness (QED) is 0.782. The Kier molecular flexibility index (Phi) is 5.95. The van der Waals surface area contributed by atoms with E-state index in [1.807, 2.05) is 18.2 Å². The van der Waals surface area contributed by atoms with Crippen LogP contribution in [0.5, 0.6) is 0 Å². The molecule has 1 aromatic carbocycles. The molecule has 1 N–H and O–H groups in total. The molecule has 2 nitrogen and oxygen atoms in total. The van der Waals surface area contributed by atoms with Gasteiger partial charge in [0.25, 0.3) is 0 Å². The fraction of sp³-hybridized carbons (Fsp3) is 0.467. The van der Waals surface area contributed by atoms with Crippen molar-refractivity contribution in [3.8, 4) is 0 Å². The van der Waals surface area contributed by atoms with Gasteiger partial charge in [-0.15, -0.1) is 0 Å². The monoisotopic (exact) mass is 233 g/mol. The van der Waals surface area contributed by atoms with Gasteiger partial charge < -0.3 is 10.1 Å². The minimum absolute atomic E-state index is 0.375. The summed E-state index contributed by atoms with van der Waals surface area (Å²) in [5.74, 6) is 0.554. The molecular formula is C15H23NO. The van der Waals surface area contributed by atoms with Crippen molar-refractivity contribution >= 4 is 5.57 Å². The minimum Gasteiger partial charge on any atom is -0.383 e. The molecule has 0 bridgehead atoms. The van der Waals surface area contributed by atoms with Crippen molar-refractivity contribution in [2.45, 2.75) is 19.9 Å². The summed E-state index contributed by atoms with van der Waals surface area (Å²) in [6.45, 7) is 10.0. The van der Waals surface area contributed by atoms with E-state index in [2.05, 4.69) is 37.9 Å². The maximum atomic E-state index is 5.21. The number of nitrogens with one attached hydrogen (secondary N) is 1. The van der Waals surface area contributed by atoms with Crippen LogP contribution in [0.1, 0.15) is 19.4 Å². The highest BCUT2D eigenvalue weighted by Crippen LogP contribution is 2.11. The zero-order valence-corrected chi connectivity index (χ0v) is 11.1. The van der Waals surface area contributed by atoms with Crippen LogP contribution in [-0.4, -0.2) is 26.3 Å². The molecule has 0 spiro atoms. The third kappa shape index (κ3) is 4.72. The van der Waals surface area contributed by atoms with Gasteiger partial charge in [0.05, 0.1) is 6.61 Å². The van der Waals surface area contributed by atoms with Gasteiger partial charge in [0, 0.05) is 19.7 Å². The molecule has 1 rings (SSSR count). The van der Waals surface area contributed by atoms with Crippen molar-refractivity contribution in [1.82, 2.24) is 5.32 Å². The average Bonchev–Trinajstić information content (AvgIpc) is 2.34. The molecule has 1 aromatic rings. The molecule has 0 saturated carbocycles. The van der Waals surface area contributed by atoms with E-state index in [0.717, 1.165) is 18.7 Å². The highest BCUT2D eigenvalue weighted by atomic mass is 16.5. The van der Waals surface area contributed by atoms with Crippen LogP contribution in [0.3, 0.4) is 0 Å². The van der Waals surface area contributed by atoms with Crippen molar-refractivity contribution in [2.75, 3.05) is 20.3 Å². The Bertz CT molecular complexity index is 332. The summed E-state index contributed by atoms with van der Waals surface area (Å²) in [4.78, 5) is 0. The highest BCUT2D eigenvalue weighted by molar-refractivity contribution is 5.64. The van der Waals surface area contributed by atoms with Crippen LogP contribution in [0, 0.1) is 5.92 Å². The van der Waals surface area contributed by atoms with Crippen LogP contribution < -0.4 is 5.32 Å². The summed E-state index contributed by atoms with van der Waals surface area (Å²) in [5, 5.41) is 3.49. The van der Waals surface area contributed by atoms with Gasteiger partial charge in [0.1, 0.15) is 0 Å². The highest BCUT2D eigenvalue weighted by Gasteiger charge is 2.12. The third-order valence-corrected chi connectivity index (χ3v) is 2.91. The molecule has 17 heavy (non-hydrogen) atoms. The number of rotatable bonds is 7. The van der Waals surface area contributed by atoms with Gasteiger partial charge in [0.15, 0.2) is 0 Å². The van der Waals surface area contributed by atoms with Crippen LogP contribution >= 0.6 is 0 Å². The number of hydrogen-bond acceptors (Lipinski definition) is 2. The molecule has 2 heteroatoms. The van der Waals surface area contributed by atoms with E-state index in [0.29, 0.717) is 12.0 Å². The normalized spacial score (nSPS) is 12.7. The lowest BCUT2D eigenvalue weighted by Gasteiger charge is -2.22. The second-order valence-electron chi connectivity index (χ2n) is 4.66. The summed E-state index contributed by atoms with van der Waals surface area (Å²) < 4.78 is 5.21. The van der Waals surface area contributed by atoms with Crippen molar-refractivity contribution in [1.29, 1.82) is 0 Å². The van der Waals surface area contributed by atoms with Gasteiger partial charge >= 0.3 is 0 Å². The van der Waals surface area contributed by atoms with E-state index in [-0.39, 0.29) is 0 Å². The number of hydrogen-bond donors (Lipinski definition) is 1. The minimum atomic E-state index is 0.375. The number of methoxy groups -OCH3 is 1. The maximum absolute atomic E-state index is 5.21. The van der Waals surface area contributed by atoms with E-state index >= 15 is 0 Å². The smallest absolute Gasteiger partial charge is 0.0618 e. The summed E-state index contributed by atoms with van der Waals surface area (Å²) in [6.07, 6.45) is 0. The van der Waals surface area contributed by atoms with Crippen molar-refractivity contribution in [3.63, 3.8) is 0 Å². The van der Waals surface area contributed by atoms with Crippen LogP contribution in [0.4, 0.5) is 0 Å². The molecule has 0 aliphatic rings. The molecule has 94 valence electrons. The third-order valence-electron chi connectivity index (χ3n) is 2.91. The topological polar surface area (TPSA) is 21.3 Å². The van der Waals surface area contributed by atoms with Gasteiger partial charge in [-0.25, -0.2) is 0 Å². The van der Waals surface area contributed by atoms with Crippen LogP contribution in [0.2, 0.25) is 0 Å². The zero-order chi connectivity index (χ0) is 12.7. The molecular weight excluding hydrogens is 210 g/mol. The summed E-state index contributed by atoms with van der Waals surface area (Å²) in [5.41, 5.74) is 2.31. The SMILES string of the molecule is C=C(CNC(COC)C(C)C)c1ccccc1. The van der Waals surface area contributed by atoms with Crippen molar-refractivity contribution in [2.24, 2.45) is 5.92 Å². The van der Waals surface area contributed by atoms with Gasteiger partial charge in [-0.05, 0) is 17.1 Å². The van der Waals surface area contributed by atoms with Gasteiger partial charge in [-0.1, -0.05) is 50.8 Å². The lowest BCUT2D eigenvalue weighted by molar-refractivity contribution is 0.149. The van der Waals surface area contributed by atoms with E-state index in [1.165, 1.54) is 5.56 Å². The zero-order valence-electron chi connectivity index (χ0n) is 11.1. The van der Waals surface area contributed by atoms with Crippen molar-refractivity contribution < 1.29 is 4.74 Å². The Hall–Kier alpha value is -1.12. The Labute approximate surface area is 105 Å². The summed E-state index contributed by atoms with van der Waals surface area (Å²) in [6, 6.07) is 10.6. The predicted octanol–water partition coefficient (Wildman–Crippen LogP) is 2.96.